The first kappa shape index (κ1) is 15.3. The van der Waals surface area contributed by atoms with E-state index in [9.17, 15) is 9.18 Å². The Morgan fingerprint density at radius 1 is 1.29 bits per heavy atom. The number of ether oxygens (including phenoxy) is 1. The third-order valence-electron chi connectivity index (χ3n) is 2.71. The van der Waals surface area contributed by atoms with Crippen LogP contribution in [0.4, 0.5) is 4.39 Å². The van der Waals surface area contributed by atoms with Crippen LogP contribution in [0, 0.1) is 12.7 Å². The first-order chi connectivity index (χ1) is 9.97. The maximum Gasteiger partial charge on any atom is 0.328 e. The molecule has 0 bridgehead atoms. The molecule has 0 aromatic heterocycles. The minimum Gasteiger partial charge on any atom is -0.478 e. The molecule has 0 aliphatic heterocycles. The molecule has 2 aromatic carbocycles. The van der Waals surface area contributed by atoms with Crippen LogP contribution in [-0.4, -0.2) is 11.1 Å². The average molecular weight is 351 g/mol. The van der Waals surface area contributed by atoms with Crippen molar-refractivity contribution in [3.63, 3.8) is 0 Å². The first-order valence-corrected chi connectivity index (χ1v) is 6.90. The van der Waals surface area contributed by atoms with Gasteiger partial charge in [-0.15, -0.1) is 0 Å². The van der Waals surface area contributed by atoms with Gasteiger partial charge < -0.3 is 9.84 Å². The molecule has 5 heteroatoms. The SMILES string of the molecule is Cc1ccc(Oc2cccc(F)c2/C=C/C(=O)O)c(Br)c1. The zero-order chi connectivity index (χ0) is 15.4. The van der Waals surface area contributed by atoms with Gasteiger partial charge in [-0.3, -0.25) is 0 Å². The highest BCUT2D eigenvalue weighted by Crippen LogP contribution is 2.33. The van der Waals surface area contributed by atoms with Crippen molar-refractivity contribution < 1.29 is 19.0 Å². The van der Waals surface area contributed by atoms with Crippen molar-refractivity contribution in [2.45, 2.75) is 6.92 Å². The summed E-state index contributed by atoms with van der Waals surface area (Å²) in [7, 11) is 0. The van der Waals surface area contributed by atoms with Crippen LogP contribution < -0.4 is 4.74 Å². The van der Waals surface area contributed by atoms with Crippen molar-refractivity contribution in [2.75, 3.05) is 0 Å². The Labute approximate surface area is 129 Å². The van der Waals surface area contributed by atoms with E-state index in [1.807, 2.05) is 19.1 Å². The summed E-state index contributed by atoms with van der Waals surface area (Å²) < 4.78 is 20.2. The van der Waals surface area contributed by atoms with Crippen LogP contribution in [0.15, 0.2) is 46.9 Å². The molecule has 0 fully saturated rings. The fraction of sp³-hybridized carbons (Fsp3) is 0.0625. The molecule has 0 heterocycles. The maximum atomic E-state index is 13.8. The van der Waals surface area contributed by atoms with Gasteiger partial charge in [0.25, 0.3) is 0 Å². The highest BCUT2D eigenvalue weighted by molar-refractivity contribution is 9.10. The average Bonchev–Trinajstić information content (AvgIpc) is 2.41. The molecule has 0 unspecified atom stereocenters. The molecule has 3 nitrogen and oxygen atoms in total. The standard InChI is InChI=1S/C16H12BrFO3/c1-10-5-7-15(12(17)9-10)21-14-4-2-3-13(18)11(14)6-8-16(19)20/h2-9H,1H3,(H,19,20)/b8-6+. The van der Waals surface area contributed by atoms with Crippen LogP contribution in [0.5, 0.6) is 11.5 Å². The van der Waals surface area contributed by atoms with E-state index < -0.39 is 11.8 Å². The second-order valence-corrected chi connectivity index (χ2v) is 5.21. The van der Waals surface area contributed by atoms with Crippen LogP contribution in [-0.2, 0) is 4.79 Å². The number of hydrogen-bond donors (Lipinski definition) is 1. The second kappa shape index (κ2) is 6.54. The number of aliphatic carboxylic acids is 1. The van der Waals surface area contributed by atoms with Crippen molar-refractivity contribution in [1.29, 1.82) is 0 Å². The fourth-order valence-corrected chi connectivity index (χ4v) is 2.30. The highest BCUT2D eigenvalue weighted by atomic mass is 79.9. The molecule has 2 rings (SSSR count). The predicted molar refractivity (Wildman–Crippen MR) is 82.0 cm³/mol. The topological polar surface area (TPSA) is 46.5 Å². The van der Waals surface area contributed by atoms with E-state index in [2.05, 4.69) is 15.9 Å². The highest BCUT2D eigenvalue weighted by Gasteiger charge is 2.10. The largest absolute Gasteiger partial charge is 0.478 e. The number of hydrogen-bond acceptors (Lipinski definition) is 2. The molecule has 108 valence electrons. The van der Waals surface area contributed by atoms with Gasteiger partial charge in [0.05, 0.1) is 10.0 Å². The lowest BCUT2D eigenvalue weighted by molar-refractivity contribution is -0.131. The normalized spacial score (nSPS) is 10.8. The number of carboxylic acid groups (broad SMARTS) is 1. The third kappa shape index (κ3) is 3.92. The number of carboxylic acids is 1. The van der Waals surface area contributed by atoms with Gasteiger partial charge in [-0.05, 0) is 58.8 Å². The molecule has 0 aliphatic rings. The fourth-order valence-electron chi connectivity index (χ4n) is 1.73. The second-order valence-electron chi connectivity index (χ2n) is 4.36. The van der Waals surface area contributed by atoms with Gasteiger partial charge in [0.2, 0.25) is 0 Å². The van der Waals surface area contributed by atoms with E-state index in [-0.39, 0.29) is 11.3 Å². The van der Waals surface area contributed by atoms with E-state index in [1.165, 1.54) is 18.2 Å². The number of benzene rings is 2. The molecule has 1 N–H and O–H groups in total. The molecule has 0 saturated carbocycles. The number of carbonyl (C=O) groups is 1. The van der Waals surface area contributed by atoms with Gasteiger partial charge in [-0.1, -0.05) is 12.1 Å². The third-order valence-corrected chi connectivity index (χ3v) is 3.33. The molecule has 0 atom stereocenters. The zero-order valence-electron chi connectivity index (χ0n) is 11.1. The Morgan fingerprint density at radius 2 is 2.05 bits per heavy atom. The molecule has 0 amide bonds. The Hall–Kier alpha value is -2.14. The zero-order valence-corrected chi connectivity index (χ0v) is 12.7. The van der Waals surface area contributed by atoms with Gasteiger partial charge in [0.1, 0.15) is 17.3 Å². The molecule has 21 heavy (non-hydrogen) atoms. The molecule has 0 radical (unpaired) electrons. The monoisotopic (exact) mass is 350 g/mol. The van der Waals surface area contributed by atoms with Crippen LogP contribution >= 0.6 is 15.9 Å². The maximum absolute atomic E-state index is 13.8. The summed E-state index contributed by atoms with van der Waals surface area (Å²) in [5.41, 5.74) is 1.15. The lowest BCUT2D eigenvalue weighted by Crippen LogP contribution is -1.93. The first-order valence-electron chi connectivity index (χ1n) is 6.11. The molecular weight excluding hydrogens is 339 g/mol. The van der Waals surface area contributed by atoms with Crippen molar-refractivity contribution in [1.82, 2.24) is 0 Å². The summed E-state index contributed by atoms with van der Waals surface area (Å²) in [5.74, 6) is -0.929. The Morgan fingerprint density at radius 3 is 2.71 bits per heavy atom. The van der Waals surface area contributed by atoms with Crippen molar-refractivity contribution in [3.8, 4) is 11.5 Å². The molecule has 2 aromatic rings. The van der Waals surface area contributed by atoms with E-state index >= 15 is 0 Å². The van der Waals surface area contributed by atoms with Gasteiger partial charge in [0, 0.05) is 6.08 Å². The Kier molecular flexibility index (Phi) is 4.75. The lowest BCUT2D eigenvalue weighted by atomic mass is 10.1. The minimum absolute atomic E-state index is 0.0902. The van der Waals surface area contributed by atoms with E-state index in [0.29, 0.717) is 5.75 Å². The number of halogens is 2. The van der Waals surface area contributed by atoms with Gasteiger partial charge in [-0.25, -0.2) is 9.18 Å². The van der Waals surface area contributed by atoms with Crippen molar-refractivity contribution in [3.05, 3.63) is 63.9 Å². The van der Waals surface area contributed by atoms with E-state index in [0.717, 1.165) is 16.1 Å². The van der Waals surface area contributed by atoms with Crippen molar-refractivity contribution >= 4 is 28.0 Å². The van der Waals surface area contributed by atoms with Crippen LogP contribution in [0.25, 0.3) is 6.08 Å². The molecular formula is C16H12BrFO3. The van der Waals surface area contributed by atoms with E-state index in [4.69, 9.17) is 9.84 Å². The van der Waals surface area contributed by atoms with Crippen LogP contribution in [0.2, 0.25) is 0 Å². The Bertz CT molecular complexity index is 711. The Balaban J connectivity index is 2.40. The lowest BCUT2D eigenvalue weighted by Gasteiger charge is -2.11. The molecule has 0 saturated heterocycles. The quantitative estimate of drug-likeness (QED) is 0.806. The van der Waals surface area contributed by atoms with E-state index in [1.54, 1.807) is 12.1 Å². The summed E-state index contributed by atoms with van der Waals surface area (Å²) >= 11 is 3.38. The summed E-state index contributed by atoms with van der Waals surface area (Å²) in [5, 5.41) is 8.66. The van der Waals surface area contributed by atoms with Crippen molar-refractivity contribution in [2.24, 2.45) is 0 Å². The summed E-state index contributed by atoms with van der Waals surface area (Å²) in [6, 6.07) is 9.84. The minimum atomic E-state index is -1.15. The smallest absolute Gasteiger partial charge is 0.328 e. The van der Waals surface area contributed by atoms with Gasteiger partial charge in [0.15, 0.2) is 0 Å². The summed E-state index contributed by atoms with van der Waals surface area (Å²) in [6.07, 6.45) is 2.05. The number of rotatable bonds is 4. The molecule has 0 spiro atoms. The summed E-state index contributed by atoms with van der Waals surface area (Å²) in [4.78, 5) is 10.6. The number of aryl methyl sites for hydroxylation is 1. The van der Waals surface area contributed by atoms with Gasteiger partial charge >= 0.3 is 5.97 Å². The van der Waals surface area contributed by atoms with Crippen LogP contribution in [0.3, 0.4) is 0 Å². The summed E-state index contributed by atoms with van der Waals surface area (Å²) in [6.45, 7) is 1.94. The predicted octanol–water partition coefficient (Wildman–Crippen LogP) is 4.79. The van der Waals surface area contributed by atoms with Crippen LogP contribution in [0.1, 0.15) is 11.1 Å². The molecule has 0 aliphatic carbocycles. The van der Waals surface area contributed by atoms with Gasteiger partial charge in [-0.2, -0.15) is 0 Å².